The molecule has 3 rings (SSSR count). The van der Waals surface area contributed by atoms with Crippen LogP contribution in [0.15, 0.2) is 22.6 Å². The molecule has 1 fully saturated rings. The van der Waals surface area contributed by atoms with Crippen molar-refractivity contribution in [1.29, 1.82) is 0 Å². The fourth-order valence-corrected chi connectivity index (χ4v) is 3.15. The maximum atomic E-state index is 12.6. The zero-order chi connectivity index (χ0) is 14.2. The average Bonchev–Trinajstić information content (AvgIpc) is 2.80. The quantitative estimate of drug-likeness (QED) is 0.850. The summed E-state index contributed by atoms with van der Waals surface area (Å²) in [6.07, 6.45) is -4.35. The molecule has 2 heterocycles. The highest BCUT2D eigenvalue weighted by Crippen LogP contribution is 2.31. The average molecular weight is 302 g/mol. The van der Waals surface area contributed by atoms with Gasteiger partial charge in [-0.3, -0.25) is 4.90 Å². The smallest absolute Gasteiger partial charge is 0.416 e. The van der Waals surface area contributed by atoms with E-state index in [0.717, 1.165) is 36.7 Å². The van der Waals surface area contributed by atoms with Gasteiger partial charge in [-0.1, -0.05) is 0 Å². The molecule has 2 aromatic rings. The number of oxazole rings is 1. The van der Waals surface area contributed by atoms with E-state index in [1.807, 2.05) is 11.8 Å². The molecule has 0 atom stereocenters. The van der Waals surface area contributed by atoms with Crippen LogP contribution in [0.5, 0.6) is 0 Å². The molecule has 1 saturated heterocycles. The van der Waals surface area contributed by atoms with Crippen molar-refractivity contribution < 1.29 is 17.6 Å². The molecule has 1 aromatic carbocycles. The lowest BCUT2D eigenvalue weighted by Crippen LogP contribution is -2.32. The van der Waals surface area contributed by atoms with Crippen LogP contribution in [0.4, 0.5) is 13.2 Å². The maximum absolute atomic E-state index is 12.6. The molecular weight excluding hydrogens is 289 g/mol. The number of hydrogen-bond donors (Lipinski definition) is 0. The van der Waals surface area contributed by atoms with Crippen molar-refractivity contribution in [3.63, 3.8) is 0 Å². The highest BCUT2D eigenvalue weighted by molar-refractivity contribution is 7.99. The van der Waals surface area contributed by atoms with Crippen molar-refractivity contribution in [3.05, 3.63) is 29.7 Å². The maximum Gasteiger partial charge on any atom is 0.416 e. The first-order chi connectivity index (χ1) is 9.52. The van der Waals surface area contributed by atoms with Gasteiger partial charge in [0.05, 0.1) is 12.1 Å². The molecule has 0 N–H and O–H groups in total. The summed E-state index contributed by atoms with van der Waals surface area (Å²) in [6, 6.07) is 3.39. The molecule has 20 heavy (non-hydrogen) atoms. The minimum absolute atomic E-state index is 0.265. The Morgan fingerprint density at radius 1 is 1.25 bits per heavy atom. The van der Waals surface area contributed by atoms with Crippen LogP contribution in [0.1, 0.15) is 11.5 Å². The van der Waals surface area contributed by atoms with E-state index in [1.165, 1.54) is 6.07 Å². The lowest BCUT2D eigenvalue weighted by molar-refractivity contribution is -0.137. The van der Waals surface area contributed by atoms with Gasteiger partial charge in [0.15, 0.2) is 5.58 Å². The third kappa shape index (κ3) is 2.93. The fourth-order valence-electron chi connectivity index (χ4n) is 2.17. The second-order valence-corrected chi connectivity index (χ2v) is 5.90. The van der Waals surface area contributed by atoms with Gasteiger partial charge in [-0.15, -0.1) is 0 Å². The Kier molecular flexibility index (Phi) is 3.64. The van der Waals surface area contributed by atoms with Crippen LogP contribution < -0.4 is 0 Å². The molecule has 1 aliphatic heterocycles. The summed E-state index contributed by atoms with van der Waals surface area (Å²) in [4.78, 5) is 6.37. The van der Waals surface area contributed by atoms with Crippen LogP contribution in [0, 0.1) is 0 Å². The molecule has 0 radical (unpaired) electrons. The molecule has 0 aliphatic carbocycles. The fraction of sp³-hybridized carbons (Fsp3) is 0.462. The first kappa shape index (κ1) is 13.8. The molecule has 3 nitrogen and oxygen atoms in total. The largest absolute Gasteiger partial charge is 0.439 e. The highest BCUT2D eigenvalue weighted by atomic mass is 32.2. The standard InChI is InChI=1S/C13H13F3N2OS/c14-13(15,16)9-1-2-11-10(7-9)17-12(19-11)8-18-3-5-20-6-4-18/h1-2,7H,3-6,8H2. The molecule has 1 aromatic heterocycles. The number of halogens is 3. The summed E-state index contributed by atoms with van der Waals surface area (Å²) in [5.74, 6) is 2.61. The van der Waals surface area contributed by atoms with Gasteiger partial charge in [-0.05, 0) is 18.2 Å². The number of rotatable bonds is 2. The Balaban J connectivity index is 1.83. The van der Waals surface area contributed by atoms with E-state index < -0.39 is 11.7 Å². The van der Waals surface area contributed by atoms with Gasteiger partial charge < -0.3 is 4.42 Å². The zero-order valence-corrected chi connectivity index (χ0v) is 11.4. The predicted molar refractivity (Wildman–Crippen MR) is 71.6 cm³/mol. The van der Waals surface area contributed by atoms with E-state index in [1.54, 1.807) is 0 Å². The van der Waals surface area contributed by atoms with Gasteiger partial charge in [0, 0.05) is 24.6 Å². The summed E-state index contributed by atoms with van der Waals surface area (Å²) >= 11 is 1.90. The monoisotopic (exact) mass is 302 g/mol. The summed E-state index contributed by atoms with van der Waals surface area (Å²) in [5.41, 5.74) is -0.0279. The van der Waals surface area contributed by atoms with E-state index in [-0.39, 0.29) is 5.52 Å². The number of aromatic nitrogens is 1. The summed E-state index contributed by atoms with van der Waals surface area (Å²) < 4.78 is 43.4. The Hall–Kier alpha value is -1.21. The zero-order valence-electron chi connectivity index (χ0n) is 10.6. The molecule has 108 valence electrons. The van der Waals surface area contributed by atoms with Crippen molar-refractivity contribution in [2.24, 2.45) is 0 Å². The van der Waals surface area contributed by atoms with Gasteiger partial charge in [0.1, 0.15) is 5.52 Å². The van der Waals surface area contributed by atoms with Crippen LogP contribution in [0.2, 0.25) is 0 Å². The molecule has 0 saturated carbocycles. The predicted octanol–water partition coefficient (Wildman–Crippen LogP) is 3.40. The number of fused-ring (bicyclic) bond motifs is 1. The summed E-state index contributed by atoms with van der Waals surface area (Å²) in [5, 5.41) is 0. The molecule has 7 heteroatoms. The lowest BCUT2D eigenvalue weighted by atomic mass is 10.2. The topological polar surface area (TPSA) is 29.3 Å². The van der Waals surface area contributed by atoms with Gasteiger partial charge in [-0.25, -0.2) is 4.98 Å². The SMILES string of the molecule is FC(F)(F)c1ccc2oc(CN3CCSCC3)nc2c1. The van der Waals surface area contributed by atoms with Crippen LogP contribution in [0.25, 0.3) is 11.1 Å². The molecule has 0 amide bonds. The van der Waals surface area contributed by atoms with Crippen molar-refractivity contribution in [3.8, 4) is 0 Å². The second-order valence-electron chi connectivity index (χ2n) is 4.68. The Labute approximate surface area is 118 Å². The number of nitrogens with zero attached hydrogens (tertiary/aromatic N) is 2. The van der Waals surface area contributed by atoms with E-state index in [0.29, 0.717) is 18.0 Å². The second kappa shape index (κ2) is 5.29. The number of alkyl halides is 3. The third-order valence-corrected chi connectivity index (χ3v) is 4.16. The van der Waals surface area contributed by atoms with Gasteiger partial charge in [0.2, 0.25) is 5.89 Å². The van der Waals surface area contributed by atoms with E-state index >= 15 is 0 Å². The Morgan fingerprint density at radius 3 is 2.70 bits per heavy atom. The van der Waals surface area contributed by atoms with Crippen molar-refractivity contribution in [2.75, 3.05) is 24.6 Å². The van der Waals surface area contributed by atoms with Crippen LogP contribution >= 0.6 is 11.8 Å². The number of benzene rings is 1. The molecule has 0 bridgehead atoms. The van der Waals surface area contributed by atoms with E-state index in [2.05, 4.69) is 9.88 Å². The first-order valence-electron chi connectivity index (χ1n) is 6.29. The van der Waals surface area contributed by atoms with Gasteiger partial charge in [-0.2, -0.15) is 24.9 Å². The normalized spacial score (nSPS) is 17.8. The van der Waals surface area contributed by atoms with Crippen molar-refractivity contribution in [2.45, 2.75) is 12.7 Å². The molecule has 0 unspecified atom stereocenters. The van der Waals surface area contributed by atoms with Gasteiger partial charge in [0.25, 0.3) is 0 Å². The van der Waals surface area contributed by atoms with Crippen LogP contribution in [-0.2, 0) is 12.7 Å². The minimum atomic E-state index is -4.35. The van der Waals surface area contributed by atoms with Crippen molar-refractivity contribution in [1.82, 2.24) is 9.88 Å². The van der Waals surface area contributed by atoms with Crippen LogP contribution in [-0.4, -0.2) is 34.5 Å². The van der Waals surface area contributed by atoms with Crippen molar-refractivity contribution >= 4 is 22.9 Å². The lowest BCUT2D eigenvalue weighted by Gasteiger charge is -2.24. The Bertz CT molecular complexity index is 605. The summed E-state index contributed by atoms with van der Waals surface area (Å²) in [6.45, 7) is 2.46. The molecule has 1 aliphatic rings. The van der Waals surface area contributed by atoms with Crippen LogP contribution in [0.3, 0.4) is 0 Å². The molecular formula is C13H13F3N2OS. The molecule has 0 spiro atoms. The minimum Gasteiger partial charge on any atom is -0.439 e. The Morgan fingerprint density at radius 2 is 2.00 bits per heavy atom. The van der Waals surface area contributed by atoms with Gasteiger partial charge >= 0.3 is 6.18 Å². The summed E-state index contributed by atoms with van der Waals surface area (Å²) in [7, 11) is 0. The number of thioether (sulfide) groups is 1. The first-order valence-corrected chi connectivity index (χ1v) is 7.44. The highest BCUT2D eigenvalue weighted by Gasteiger charge is 2.31. The third-order valence-electron chi connectivity index (χ3n) is 3.22. The van der Waals surface area contributed by atoms with E-state index in [4.69, 9.17) is 4.42 Å². The van der Waals surface area contributed by atoms with E-state index in [9.17, 15) is 13.2 Å². The number of hydrogen-bond acceptors (Lipinski definition) is 4.